The standard InChI is InChI=1S/C11H19NO2.ClH/c1-7-9-4-2-3-8(9)5-11(7,12)6-10(13)14;/h7-9H,2-6,12H2,1H3,(H,13,14);1H. The van der Waals surface area contributed by atoms with Crippen molar-refractivity contribution < 1.29 is 9.90 Å². The van der Waals surface area contributed by atoms with Crippen LogP contribution >= 0.6 is 12.4 Å². The number of halogens is 1. The Bertz CT molecular complexity index is 259. The van der Waals surface area contributed by atoms with Crippen LogP contribution in [0.15, 0.2) is 0 Å². The van der Waals surface area contributed by atoms with Gasteiger partial charge in [0.25, 0.3) is 0 Å². The van der Waals surface area contributed by atoms with Crippen LogP contribution in [-0.2, 0) is 4.79 Å². The maximum Gasteiger partial charge on any atom is 0.305 e. The van der Waals surface area contributed by atoms with Crippen molar-refractivity contribution in [3.8, 4) is 0 Å². The Kier molecular flexibility index (Phi) is 3.67. The molecule has 15 heavy (non-hydrogen) atoms. The highest BCUT2D eigenvalue weighted by molar-refractivity contribution is 5.85. The number of rotatable bonds is 2. The van der Waals surface area contributed by atoms with Crippen molar-refractivity contribution in [2.24, 2.45) is 23.5 Å². The third-order valence-corrected chi connectivity index (χ3v) is 4.39. The first-order chi connectivity index (χ1) is 6.53. The van der Waals surface area contributed by atoms with Crippen molar-refractivity contribution in [3.05, 3.63) is 0 Å². The largest absolute Gasteiger partial charge is 0.481 e. The van der Waals surface area contributed by atoms with E-state index in [1.54, 1.807) is 0 Å². The molecule has 0 radical (unpaired) electrons. The van der Waals surface area contributed by atoms with Gasteiger partial charge in [0.2, 0.25) is 0 Å². The van der Waals surface area contributed by atoms with Gasteiger partial charge in [-0.15, -0.1) is 12.4 Å². The maximum atomic E-state index is 10.7. The number of aliphatic carboxylic acids is 1. The summed E-state index contributed by atoms with van der Waals surface area (Å²) < 4.78 is 0. The molecule has 88 valence electrons. The quantitative estimate of drug-likeness (QED) is 0.767. The molecule has 4 heteroatoms. The minimum Gasteiger partial charge on any atom is -0.481 e. The molecule has 0 spiro atoms. The molecule has 0 saturated heterocycles. The van der Waals surface area contributed by atoms with Crippen LogP contribution in [0.5, 0.6) is 0 Å². The Morgan fingerprint density at radius 2 is 2.20 bits per heavy atom. The molecule has 0 amide bonds. The van der Waals surface area contributed by atoms with Gasteiger partial charge in [-0.25, -0.2) is 0 Å². The maximum absolute atomic E-state index is 10.7. The molecule has 0 aromatic carbocycles. The molecule has 0 aromatic rings. The van der Waals surface area contributed by atoms with E-state index in [4.69, 9.17) is 10.8 Å². The zero-order valence-electron chi connectivity index (χ0n) is 9.11. The van der Waals surface area contributed by atoms with Crippen LogP contribution in [0.25, 0.3) is 0 Å². The third-order valence-electron chi connectivity index (χ3n) is 4.39. The highest BCUT2D eigenvalue weighted by Crippen LogP contribution is 2.52. The van der Waals surface area contributed by atoms with Gasteiger partial charge in [-0.3, -0.25) is 4.79 Å². The molecule has 2 fully saturated rings. The average molecular weight is 234 g/mol. The molecule has 3 N–H and O–H groups in total. The summed E-state index contributed by atoms with van der Waals surface area (Å²) in [7, 11) is 0. The van der Waals surface area contributed by atoms with Crippen molar-refractivity contribution in [3.63, 3.8) is 0 Å². The van der Waals surface area contributed by atoms with Gasteiger partial charge in [0.15, 0.2) is 0 Å². The van der Waals surface area contributed by atoms with Crippen molar-refractivity contribution in [2.75, 3.05) is 0 Å². The molecule has 2 rings (SSSR count). The van der Waals surface area contributed by atoms with Gasteiger partial charge in [0, 0.05) is 5.54 Å². The van der Waals surface area contributed by atoms with E-state index in [1.807, 2.05) is 0 Å². The van der Waals surface area contributed by atoms with Gasteiger partial charge in [-0.05, 0) is 30.6 Å². The van der Waals surface area contributed by atoms with E-state index < -0.39 is 11.5 Å². The topological polar surface area (TPSA) is 63.3 Å². The number of fused-ring (bicyclic) bond motifs is 1. The molecule has 0 bridgehead atoms. The second-order valence-corrected chi connectivity index (χ2v) is 5.15. The zero-order valence-corrected chi connectivity index (χ0v) is 9.93. The van der Waals surface area contributed by atoms with Gasteiger partial charge < -0.3 is 10.8 Å². The van der Waals surface area contributed by atoms with Crippen LogP contribution in [0.3, 0.4) is 0 Å². The minimum atomic E-state index is -0.751. The van der Waals surface area contributed by atoms with E-state index in [0.717, 1.165) is 6.42 Å². The second-order valence-electron chi connectivity index (χ2n) is 5.15. The smallest absolute Gasteiger partial charge is 0.305 e. The summed E-state index contributed by atoms with van der Waals surface area (Å²) in [6.45, 7) is 2.14. The fourth-order valence-electron chi connectivity index (χ4n) is 3.59. The predicted octanol–water partition coefficient (Wildman–Crippen LogP) is 2.04. The lowest BCUT2D eigenvalue weighted by Gasteiger charge is -2.29. The molecule has 0 heterocycles. The van der Waals surface area contributed by atoms with Crippen LogP contribution in [0, 0.1) is 17.8 Å². The fourth-order valence-corrected chi connectivity index (χ4v) is 3.59. The molecule has 2 saturated carbocycles. The van der Waals surface area contributed by atoms with E-state index in [9.17, 15) is 4.79 Å². The van der Waals surface area contributed by atoms with Crippen LogP contribution in [0.1, 0.15) is 39.0 Å². The summed E-state index contributed by atoms with van der Waals surface area (Å²) in [5.74, 6) is 1.03. The number of carboxylic acid groups (broad SMARTS) is 1. The van der Waals surface area contributed by atoms with Crippen LogP contribution < -0.4 is 5.73 Å². The number of hydrogen-bond acceptors (Lipinski definition) is 2. The first kappa shape index (κ1) is 12.8. The fraction of sp³-hybridized carbons (Fsp3) is 0.909. The zero-order chi connectivity index (χ0) is 10.3. The molecule has 2 aliphatic rings. The Balaban J connectivity index is 0.00000112. The molecule has 4 atom stereocenters. The number of nitrogens with two attached hydrogens (primary N) is 1. The lowest BCUT2D eigenvalue weighted by molar-refractivity contribution is -0.138. The summed E-state index contributed by atoms with van der Waals surface area (Å²) in [5.41, 5.74) is 5.78. The van der Waals surface area contributed by atoms with Crippen LogP contribution in [0.4, 0.5) is 0 Å². The Hall–Kier alpha value is -0.280. The molecular formula is C11H20ClNO2. The molecule has 0 aliphatic heterocycles. The number of carboxylic acids is 1. The normalized spacial score (nSPS) is 43.5. The van der Waals surface area contributed by atoms with Crippen LogP contribution in [-0.4, -0.2) is 16.6 Å². The molecule has 3 nitrogen and oxygen atoms in total. The SMILES string of the molecule is CC1C2CCCC2CC1(N)CC(=O)O.Cl. The second kappa shape index (κ2) is 4.30. The first-order valence-electron chi connectivity index (χ1n) is 5.53. The first-order valence-corrected chi connectivity index (χ1v) is 5.53. The average Bonchev–Trinajstić information content (AvgIpc) is 2.55. The monoisotopic (exact) mass is 233 g/mol. The summed E-state index contributed by atoms with van der Waals surface area (Å²) >= 11 is 0. The van der Waals surface area contributed by atoms with Crippen molar-refractivity contribution in [1.82, 2.24) is 0 Å². The minimum absolute atomic E-state index is 0. The molecule has 0 aromatic heterocycles. The van der Waals surface area contributed by atoms with E-state index in [2.05, 4.69) is 6.92 Å². The Morgan fingerprint density at radius 1 is 1.53 bits per heavy atom. The highest BCUT2D eigenvalue weighted by atomic mass is 35.5. The van der Waals surface area contributed by atoms with Crippen LogP contribution in [0.2, 0.25) is 0 Å². The summed E-state index contributed by atoms with van der Waals surface area (Å²) in [5, 5.41) is 8.84. The lowest BCUT2D eigenvalue weighted by Crippen LogP contribution is -2.45. The summed E-state index contributed by atoms with van der Waals surface area (Å²) in [6.07, 6.45) is 4.88. The Labute approximate surface area is 96.8 Å². The van der Waals surface area contributed by atoms with Gasteiger partial charge in [0.1, 0.15) is 0 Å². The summed E-state index contributed by atoms with van der Waals surface area (Å²) in [4.78, 5) is 10.7. The summed E-state index contributed by atoms with van der Waals surface area (Å²) in [6, 6.07) is 0. The number of carbonyl (C=O) groups is 1. The van der Waals surface area contributed by atoms with E-state index >= 15 is 0 Å². The Morgan fingerprint density at radius 3 is 2.73 bits per heavy atom. The predicted molar refractivity (Wildman–Crippen MR) is 61.0 cm³/mol. The number of hydrogen-bond donors (Lipinski definition) is 2. The molecular weight excluding hydrogens is 214 g/mol. The van der Waals surface area contributed by atoms with Crippen molar-refractivity contribution >= 4 is 18.4 Å². The van der Waals surface area contributed by atoms with Crippen molar-refractivity contribution in [1.29, 1.82) is 0 Å². The van der Waals surface area contributed by atoms with E-state index in [-0.39, 0.29) is 18.8 Å². The van der Waals surface area contributed by atoms with E-state index in [1.165, 1.54) is 19.3 Å². The lowest BCUT2D eigenvalue weighted by atomic mass is 9.82. The third kappa shape index (κ3) is 2.13. The van der Waals surface area contributed by atoms with Gasteiger partial charge >= 0.3 is 5.97 Å². The highest BCUT2D eigenvalue weighted by Gasteiger charge is 2.51. The van der Waals surface area contributed by atoms with Gasteiger partial charge in [-0.2, -0.15) is 0 Å². The van der Waals surface area contributed by atoms with E-state index in [0.29, 0.717) is 17.8 Å². The van der Waals surface area contributed by atoms with Gasteiger partial charge in [0.05, 0.1) is 6.42 Å². The molecule has 4 unspecified atom stereocenters. The van der Waals surface area contributed by atoms with Gasteiger partial charge in [-0.1, -0.05) is 19.8 Å². The van der Waals surface area contributed by atoms with Crippen molar-refractivity contribution in [2.45, 2.75) is 44.6 Å². The molecule has 2 aliphatic carbocycles.